The number of rotatable bonds is 7. The van der Waals surface area contributed by atoms with Gasteiger partial charge in [-0.05, 0) is 36.8 Å². The Hall–Kier alpha value is -4.00. The number of ether oxygens (including phenoxy) is 2. The topological polar surface area (TPSA) is 75.0 Å². The number of imidazole rings is 1. The van der Waals surface area contributed by atoms with Crippen LogP contribution in [0.4, 0.5) is 0 Å². The first-order chi connectivity index (χ1) is 15.7. The van der Waals surface area contributed by atoms with Gasteiger partial charge in [0.2, 0.25) is 0 Å². The minimum atomic E-state index is 0.543. The van der Waals surface area contributed by atoms with Crippen LogP contribution in [-0.4, -0.2) is 38.2 Å². The predicted molar refractivity (Wildman–Crippen MR) is 124 cm³/mol. The van der Waals surface area contributed by atoms with E-state index in [1.54, 1.807) is 25.8 Å². The van der Waals surface area contributed by atoms with Crippen molar-refractivity contribution in [2.75, 3.05) is 13.7 Å². The quantitative estimate of drug-likeness (QED) is 0.355. The van der Waals surface area contributed by atoms with Gasteiger partial charge in [0.05, 0.1) is 36.0 Å². The summed E-state index contributed by atoms with van der Waals surface area (Å²) in [5.74, 6) is 2.37. The third kappa shape index (κ3) is 3.73. The Kier molecular flexibility index (Phi) is 5.37. The summed E-state index contributed by atoms with van der Waals surface area (Å²) in [5, 5.41) is 0.895. The highest BCUT2D eigenvalue weighted by atomic mass is 16.5. The molecule has 3 heterocycles. The molecule has 0 amide bonds. The molecule has 0 aliphatic carbocycles. The fraction of sp³-hybridized carbons (Fsp3) is 0.200. The van der Waals surface area contributed by atoms with E-state index >= 15 is 0 Å². The number of hydrogen-bond donors (Lipinski definition) is 0. The minimum Gasteiger partial charge on any atom is -0.493 e. The lowest BCUT2D eigenvalue weighted by atomic mass is 10.1. The Labute approximate surface area is 185 Å². The van der Waals surface area contributed by atoms with E-state index in [9.17, 15) is 0 Å². The smallest absolute Gasteiger partial charge is 0.162 e. The third-order valence-electron chi connectivity index (χ3n) is 5.54. The zero-order chi connectivity index (χ0) is 21.9. The van der Waals surface area contributed by atoms with Crippen molar-refractivity contribution in [2.45, 2.75) is 12.8 Å². The minimum absolute atomic E-state index is 0.543. The maximum absolute atomic E-state index is 6.13. The molecule has 0 atom stereocenters. The monoisotopic (exact) mass is 425 g/mol. The molecular weight excluding hydrogens is 402 g/mol. The van der Waals surface area contributed by atoms with Gasteiger partial charge in [0.25, 0.3) is 0 Å². The van der Waals surface area contributed by atoms with Crippen LogP contribution < -0.4 is 9.47 Å². The molecule has 7 heteroatoms. The Morgan fingerprint density at radius 1 is 0.969 bits per heavy atom. The fourth-order valence-corrected chi connectivity index (χ4v) is 3.90. The molecule has 0 aliphatic rings. The van der Waals surface area contributed by atoms with Crippen molar-refractivity contribution in [1.82, 2.24) is 24.5 Å². The van der Waals surface area contributed by atoms with Gasteiger partial charge in [-0.15, -0.1) is 0 Å². The molecule has 32 heavy (non-hydrogen) atoms. The van der Waals surface area contributed by atoms with Gasteiger partial charge in [-0.3, -0.25) is 4.98 Å². The highest BCUT2D eigenvalue weighted by Crippen LogP contribution is 2.35. The maximum atomic E-state index is 6.13. The Bertz CT molecular complexity index is 1380. The predicted octanol–water partition coefficient (Wildman–Crippen LogP) is 4.60. The van der Waals surface area contributed by atoms with Gasteiger partial charge in [-0.2, -0.15) is 0 Å². The molecule has 0 fully saturated rings. The number of aromatic nitrogens is 5. The standard InChI is InChI=1S/C25H23N5O2/c1-30-21-9-4-3-8-19(21)29-24(30)10-6-12-32-23-13-18-20(14-22(23)31-2)27-16-28-25(18)17-7-5-11-26-15-17/h3-5,7-9,11,13-16H,6,10,12H2,1-2H3. The number of aryl methyl sites for hydroxylation is 2. The van der Waals surface area contributed by atoms with Gasteiger partial charge in [-0.1, -0.05) is 12.1 Å². The number of pyridine rings is 1. The van der Waals surface area contributed by atoms with Crippen LogP contribution in [-0.2, 0) is 13.5 Å². The van der Waals surface area contributed by atoms with Crippen LogP contribution >= 0.6 is 0 Å². The van der Waals surface area contributed by atoms with E-state index < -0.39 is 0 Å². The molecule has 0 saturated heterocycles. The summed E-state index contributed by atoms with van der Waals surface area (Å²) < 4.78 is 13.8. The van der Waals surface area contributed by atoms with Gasteiger partial charge in [0.15, 0.2) is 11.5 Å². The van der Waals surface area contributed by atoms with Crippen LogP contribution in [0.5, 0.6) is 11.5 Å². The molecule has 0 saturated carbocycles. The summed E-state index contributed by atoms with van der Waals surface area (Å²) in [6.45, 7) is 0.543. The highest BCUT2D eigenvalue weighted by Gasteiger charge is 2.13. The van der Waals surface area contributed by atoms with Gasteiger partial charge in [0, 0.05) is 42.9 Å². The molecule has 0 radical (unpaired) electrons. The molecule has 7 nitrogen and oxygen atoms in total. The van der Waals surface area contributed by atoms with Crippen LogP contribution in [0.1, 0.15) is 12.2 Å². The van der Waals surface area contributed by atoms with Crippen molar-refractivity contribution >= 4 is 21.9 Å². The molecular formula is C25H23N5O2. The van der Waals surface area contributed by atoms with Gasteiger partial charge in [0.1, 0.15) is 12.2 Å². The fourth-order valence-electron chi connectivity index (χ4n) is 3.90. The van der Waals surface area contributed by atoms with Crippen LogP contribution in [0, 0.1) is 0 Å². The lowest BCUT2D eigenvalue weighted by Crippen LogP contribution is -2.04. The second-order valence-corrected chi connectivity index (χ2v) is 7.51. The second-order valence-electron chi connectivity index (χ2n) is 7.51. The largest absolute Gasteiger partial charge is 0.493 e. The zero-order valence-electron chi connectivity index (χ0n) is 18.0. The summed E-state index contributed by atoms with van der Waals surface area (Å²) in [7, 11) is 3.69. The molecule has 0 unspecified atom stereocenters. The average molecular weight is 425 g/mol. The summed E-state index contributed by atoms with van der Waals surface area (Å²) in [6, 6.07) is 15.9. The van der Waals surface area contributed by atoms with Crippen LogP contribution in [0.2, 0.25) is 0 Å². The highest BCUT2D eigenvalue weighted by molar-refractivity contribution is 5.94. The van der Waals surface area contributed by atoms with Crippen molar-refractivity contribution in [1.29, 1.82) is 0 Å². The van der Waals surface area contributed by atoms with Crippen molar-refractivity contribution in [3.8, 4) is 22.8 Å². The number of nitrogens with zero attached hydrogens (tertiary/aromatic N) is 5. The summed E-state index contributed by atoms with van der Waals surface area (Å²) in [6.07, 6.45) is 6.75. The second kappa shape index (κ2) is 8.63. The Morgan fingerprint density at radius 3 is 2.69 bits per heavy atom. The Balaban J connectivity index is 1.36. The molecule has 160 valence electrons. The number of para-hydroxylation sites is 2. The normalized spacial score (nSPS) is 11.2. The molecule has 0 spiro atoms. The van der Waals surface area contributed by atoms with Crippen molar-refractivity contribution in [3.63, 3.8) is 0 Å². The van der Waals surface area contributed by atoms with E-state index in [1.807, 2.05) is 42.5 Å². The Morgan fingerprint density at radius 2 is 1.88 bits per heavy atom. The molecule has 5 rings (SSSR count). The van der Waals surface area contributed by atoms with Crippen molar-refractivity contribution in [3.05, 3.63) is 73.1 Å². The number of methoxy groups -OCH3 is 1. The van der Waals surface area contributed by atoms with E-state index in [0.717, 1.165) is 51.9 Å². The van der Waals surface area contributed by atoms with Gasteiger partial charge < -0.3 is 14.0 Å². The van der Waals surface area contributed by atoms with Crippen molar-refractivity contribution < 1.29 is 9.47 Å². The van der Waals surface area contributed by atoms with Crippen molar-refractivity contribution in [2.24, 2.45) is 7.05 Å². The molecule has 0 bridgehead atoms. The maximum Gasteiger partial charge on any atom is 0.162 e. The number of benzene rings is 2. The first-order valence-corrected chi connectivity index (χ1v) is 10.5. The van der Waals surface area contributed by atoms with Crippen LogP contribution in [0.3, 0.4) is 0 Å². The molecule has 0 aliphatic heterocycles. The lowest BCUT2D eigenvalue weighted by molar-refractivity contribution is 0.289. The van der Waals surface area contributed by atoms with Gasteiger partial charge in [-0.25, -0.2) is 15.0 Å². The SMILES string of the molecule is COc1cc2ncnc(-c3cccnc3)c2cc1OCCCc1nc2ccccc2n1C. The average Bonchev–Trinajstić information content (AvgIpc) is 3.17. The van der Waals surface area contributed by atoms with E-state index in [1.165, 1.54) is 0 Å². The molecule has 5 aromatic rings. The van der Waals surface area contributed by atoms with Crippen LogP contribution in [0.15, 0.2) is 67.3 Å². The number of fused-ring (bicyclic) bond motifs is 2. The zero-order valence-corrected chi connectivity index (χ0v) is 18.0. The van der Waals surface area contributed by atoms with Crippen LogP contribution in [0.25, 0.3) is 33.2 Å². The summed E-state index contributed by atoms with van der Waals surface area (Å²) >= 11 is 0. The van der Waals surface area contributed by atoms with Gasteiger partial charge >= 0.3 is 0 Å². The first kappa shape index (κ1) is 19.9. The summed E-state index contributed by atoms with van der Waals surface area (Å²) in [4.78, 5) is 17.8. The molecule has 2 aromatic carbocycles. The summed E-state index contributed by atoms with van der Waals surface area (Å²) in [5.41, 5.74) is 4.70. The van der Waals surface area contributed by atoms with E-state index in [2.05, 4.69) is 32.6 Å². The molecule has 3 aromatic heterocycles. The molecule has 0 N–H and O–H groups in total. The third-order valence-corrected chi connectivity index (χ3v) is 5.54. The first-order valence-electron chi connectivity index (χ1n) is 10.5. The lowest BCUT2D eigenvalue weighted by Gasteiger charge is -2.13. The number of hydrogen-bond acceptors (Lipinski definition) is 6. The van der Waals surface area contributed by atoms with E-state index in [4.69, 9.17) is 14.5 Å². The van der Waals surface area contributed by atoms with E-state index in [-0.39, 0.29) is 0 Å². The van der Waals surface area contributed by atoms with E-state index in [0.29, 0.717) is 18.1 Å².